The highest BCUT2D eigenvalue weighted by molar-refractivity contribution is 6.00. The number of ether oxygens (including phenoxy) is 3. The summed E-state index contributed by atoms with van der Waals surface area (Å²) in [5.41, 5.74) is 1.62. The van der Waals surface area contributed by atoms with Gasteiger partial charge in [0.1, 0.15) is 0 Å². The molecule has 2 atom stereocenters. The van der Waals surface area contributed by atoms with Gasteiger partial charge in [0.15, 0.2) is 17.3 Å². The summed E-state index contributed by atoms with van der Waals surface area (Å²) in [6.45, 7) is 4.64. The minimum absolute atomic E-state index is 0.0370. The van der Waals surface area contributed by atoms with E-state index in [9.17, 15) is 4.79 Å². The van der Waals surface area contributed by atoms with E-state index in [4.69, 9.17) is 14.2 Å². The molecule has 110 valence electrons. The highest BCUT2D eigenvalue weighted by Gasteiger charge is 2.34. The second-order valence-electron chi connectivity index (χ2n) is 5.10. The van der Waals surface area contributed by atoms with Gasteiger partial charge < -0.3 is 14.2 Å². The van der Waals surface area contributed by atoms with Crippen molar-refractivity contribution in [2.75, 3.05) is 20.8 Å². The summed E-state index contributed by atoms with van der Waals surface area (Å²) >= 11 is 0. The first-order valence-corrected chi connectivity index (χ1v) is 7.00. The van der Waals surface area contributed by atoms with E-state index in [1.165, 1.54) is 0 Å². The van der Waals surface area contributed by atoms with Gasteiger partial charge in [-0.15, -0.1) is 0 Å². The van der Waals surface area contributed by atoms with E-state index in [-0.39, 0.29) is 17.8 Å². The van der Waals surface area contributed by atoms with E-state index in [0.717, 1.165) is 18.4 Å². The van der Waals surface area contributed by atoms with E-state index in [1.807, 2.05) is 13.0 Å². The number of Topliss-reactive ketones (excluding diaryl/α,β-unsaturated/α-hetero) is 1. The Labute approximate surface area is 120 Å². The molecule has 0 aromatic heterocycles. The quantitative estimate of drug-likeness (QED) is 0.777. The van der Waals surface area contributed by atoms with Crippen LogP contribution >= 0.6 is 0 Å². The molecule has 1 aliphatic heterocycles. The minimum atomic E-state index is -0.0446. The van der Waals surface area contributed by atoms with E-state index in [0.29, 0.717) is 23.7 Å². The Kier molecular flexibility index (Phi) is 4.65. The monoisotopic (exact) mass is 278 g/mol. The summed E-state index contributed by atoms with van der Waals surface area (Å²) in [6.07, 6.45) is 1.70. The second-order valence-corrected chi connectivity index (χ2v) is 5.10. The third-order valence-corrected chi connectivity index (χ3v) is 3.94. The molecule has 4 nitrogen and oxygen atoms in total. The molecule has 20 heavy (non-hydrogen) atoms. The van der Waals surface area contributed by atoms with E-state index in [2.05, 4.69) is 6.92 Å². The molecule has 0 bridgehead atoms. The molecule has 0 spiro atoms. The Balaban J connectivity index is 2.34. The second kappa shape index (κ2) is 6.27. The van der Waals surface area contributed by atoms with Crippen LogP contribution in [0.2, 0.25) is 0 Å². The molecule has 0 saturated carbocycles. The summed E-state index contributed by atoms with van der Waals surface area (Å²) in [7, 11) is 3.17. The van der Waals surface area contributed by atoms with Crippen molar-refractivity contribution in [2.45, 2.75) is 32.8 Å². The normalized spacial score (nSPS) is 21.8. The first kappa shape index (κ1) is 14.9. The van der Waals surface area contributed by atoms with Crippen LogP contribution in [0.25, 0.3) is 0 Å². The summed E-state index contributed by atoms with van der Waals surface area (Å²) in [6, 6.07) is 3.63. The van der Waals surface area contributed by atoms with Crippen LogP contribution in [0.15, 0.2) is 12.1 Å². The van der Waals surface area contributed by atoms with Crippen LogP contribution in [0.5, 0.6) is 11.5 Å². The fraction of sp³-hybridized carbons (Fsp3) is 0.562. The van der Waals surface area contributed by atoms with Crippen molar-refractivity contribution in [3.63, 3.8) is 0 Å². The number of methoxy groups -OCH3 is 2. The molecular weight excluding hydrogens is 256 g/mol. The lowest BCUT2D eigenvalue weighted by atomic mass is 9.88. The maximum atomic E-state index is 12.7. The van der Waals surface area contributed by atoms with Crippen LogP contribution in [0.3, 0.4) is 0 Å². The molecule has 0 amide bonds. The molecule has 1 aliphatic rings. The largest absolute Gasteiger partial charge is 0.493 e. The number of aryl methyl sites for hydroxylation is 1. The zero-order chi connectivity index (χ0) is 14.7. The molecule has 2 rings (SSSR count). The SMILES string of the molecule is CCC1OCCC1C(=O)c1cc(OC)c(OC)cc1C. The molecule has 1 aromatic carbocycles. The fourth-order valence-electron chi connectivity index (χ4n) is 2.80. The van der Waals surface area contributed by atoms with Crippen molar-refractivity contribution in [1.29, 1.82) is 0 Å². The lowest BCUT2D eigenvalue weighted by Gasteiger charge is -2.18. The predicted octanol–water partition coefficient (Wildman–Crippen LogP) is 3.01. The number of benzene rings is 1. The van der Waals surface area contributed by atoms with Crippen LogP contribution < -0.4 is 9.47 Å². The highest BCUT2D eigenvalue weighted by Crippen LogP contribution is 2.34. The average Bonchev–Trinajstić information content (AvgIpc) is 2.94. The number of carbonyl (C=O) groups is 1. The number of carbonyl (C=O) groups excluding carboxylic acids is 1. The highest BCUT2D eigenvalue weighted by atomic mass is 16.5. The van der Waals surface area contributed by atoms with Gasteiger partial charge in [-0.25, -0.2) is 0 Å². The molecule has 1 fully saturated rings. The molecule has 0 N–H and O–H groups in total. The molecule has 1 saturated heterocycles. The topological polar surface area (TPSA) is 44.8 Å². The van der Waals surface area contributed by atoms with Crippen molar-refractivity contribution in [3.05, 3.63) is 23.3 Å². The Bertz CT molecular complexity index is 495. The van der Waals surface area contributed by atoms with Crippen molar-refractivity contribution in [3.8, 4) is 11.5 Å². The number of hydrogen-bond acceptors (Lipinski definition) is 4. The van der Waals surface area contributed by atoms with Crippen LogP contribution in [-0.2, 0) is 4.74 Å². The molecule has 0 aliphatic carbocycles. The molecule has 4 heteroatoms. The van der Waals surface area contributed by atoms with Crippen LogP contribution in [0.1, 0.15) is 35.7 Å². The fourth-order valence-corrected chi connectivity index (χ4v) is 2.80. The van der Waals surface area contributed by atoms with Gasteiger partial charge in [-0.05, 0) is 37.5 Å². The van der Waals surface area contributed by atoms with E-state index < -0.39 is 0 Å². The van der Waals surface area contributed by atoms with Crippen molar-refractivity contribution < 1.29 is 19.0 Å². The maximum Gasteiger partial charge on any atom is 0.169 e. The Morgan fingerprint density at radius 3 is 2.55 bits per heavy atom. The summed E-state index contributed by atoms with van der Waals surface area (Å²) in [4.78, 5) is 12.7. The van der Waals surface area contributed by atoms with Crippen molar-refractivity contribution >= 4 is 5.78 Å². The number of rotatable bonds is 5. The molecule has 2 unspecified atom stereocenters. The third kappa shape index (κ3) is 2.66. The molecular formula is C16H22O4. The van der Waals surface area contributed by atoms with Crippen LogP contribution in [0.4, 0.5) is 0 Å². The summed E-state index contributed by atoms with van der Waals surface area (Å²) < 4.78 is 16.2. The number of ketones is 1. The first-order chi connectivity index (χ1) is 9.62. The van der Waals surface area contributed by atoms with Gasteiger partial charge >= 0.3 is 0 Å². The lowest BCUT2D eigenvalue weighted by molar-refractivity contribution is 0.0688. The van der Waals surface area contributed by atoms with Crippen LogP contribution in [0, 0.1) is 12.8 Å². The minimum Gasteiger partial charge on any atom is -0.493 e. The maximum absolute atomic E-state index is 12.7. The summed E-state index contributed by atoms with van der Waals surface area (Å²) in [5.74, 6) is 1.34. The smallest absolute Gasteiger partial charge is 0.169 e. The Hall–Kier alpha value is -1.55. The molecule has 0 radical (unpaired) electrons. The van der Waals surface area contributed by atoms with Gasteiger partial charge in [0.25, 0.3) is 0 Å². The third-order valence-electron chi connectivity index (χ3n) is 3.94. The van der Waals surface area contributed by atoms with E-state index in [1.54, 1.807) is 20.3 Å². The van der Waals surface area contributed by atoms with Gasteiger partial charge in [-0.1, -0.05) is 6.92 Å². The van der Waals surface area contributed by atoms with Crippen LogP contribution in [-0.4, -0.2) is 32.7 Å². The Morgan fingerprint density at radius 1 is 1.30 bits per heavy atom. The van der Waals surface area contributed by atoms with Gasteiger partial charge in [0, 0.05) is 12.2 Å². The van der Waals surface area contributed by atoms with Gasteiger partial charge in [-0.2, -0.15) is 0 Å². The van der Waals surface area contributed by atoms with Gasteiger partial charge in [-0.3, -0.25) is 4.79 Å². The zero-order valence-electron chi connectivity index (χ0n) is 12.6. The lowest BCUT2D eigenvalue weighted by Crippen LogP contribution is -2.24. The van der Waals surface area contributed by atoms with Gasteiger partial charge in [0.05, 0.1) is 26.2 Å². The van der Waals surface area contributed by atoms with E-state index >= 15 is 0 Å². The van der Waals surface area contributed by atoms with Crippen molar-refractivity contribution in [2.24, 2.45) is 5.92 Å². The van der Waals surface area contributed by atoms with Crippen molar-refractivity contribution in [1.82, 2.24) is 0 Å². The summed E-state index contributed by atoms with van der Waals surface area (Å²) in [5, 5.41) is 0. The molecule has 1 heterocycles. The molecule has 1 aromatic rings. The standard InChI is InChI=1S/C16H22O4/c1-5-13-11(6-7-20-13)16(17)12-9-15(19-4)14(18-3)8-10(12)2/h8-9,11,13H,5-7H2,1-4H3. The first-order valence-electron chi connectivity index (χ1n) is 7.00. The zero-order valence-corrected chi connectivity index (χ0v) is 12.6. The predicted molar refractivity (Wildman–Crippen MR) is 76.8 cm³/mol. The average molecular weight is 278 g/mol. The Morgan fingerprint density at radius 2 is 1.95 bits per heavy atom. The van der Waals surface area contributed by atoms with Gasteiger partial charge in [0.2, 0.25) is 0 Å². The number of hydrogen-bond donors (Lipinski definition) is 0.